The van der Waals surface area contributed by atoms with Crippen LogP contribution in [-0.2, 0) is 37.1 Å². The van der Waals surface area contributed by atoms with E-state index in [1.165, 1.54) is 23.6 Å². The maximum atomic E-state index is 13.3. The van der Waals surface area contributed by atoms with Gasteiger partial charge in [-0.05, 0) is 38.0 Å². The zero-order valence-electron chi connectivity index (χ0n) is 24.3. The summed E-state index contributed by atoms with van der Waals surface area (Å²) in [5, 5.41) is 18.1. The number of aldehydes is 1. The third-order valence-electron chi connectivity index (χ3n) is 7.30. The Balaban J connectivity index is 1.37. The second kappa shape index (κ2) is 13.0. The molecule has 3 unspecified atom stereocenters. The maximum absolute atomic E-state index is 13.3. The van der Waals surface area contributed by atoms with E-state index in [-0.39, 0.29) is 33.4 Å². The van der Waals surface area contributed by atoms with Gasteiger partial charge in [-0.2, -0.15) is 0 Å². The molecule has 2 amide bonds. The number of carboxylic acid groups (broad SMARTS) is 1. The molecule has 0 aromatic carbocycles. The predicted octanol–water partition coefficient (Wildman–Crippen LogP) is -0.0471. The Hall–Kier alpha value is -4.26. The Morgan fingerprint density at radius 3 is 2.76 bits per heavy atom. The van der Waals surface area contributed by atoms with Crippen molar-refractivity contribution in [2.24, 2.45) is 5.16 Å². The molecule has 0 bridgehead atoms. The van der Waals surface area contributed by atoms with Crippen molar-refractivity contribution < 1.29 is 33.7 Å². The van der Waals surface area contributed by atoms with E-state index in [1.54, 1.807) is 0 Å². The molecule has 1 saturated heterocycles. The Morgan fingerprint density at radius 2 is 2.11 bits per heavy atom. The number of hydrogen-bond acceptors (Lipinski definition) is 13. The van der Waals surface area contributed by atoms with Crippen molar-refractivity contribution in [1.29, 1.82) is 0 Å². The van der Waals surface area contributed by atoms with Crippen molar-refractivity contribution in [1.82, 2.24) is 30.1 Å². The quantitative estimate of drug-likeness (QED) is 0.0560. The van der Waals surface area contributed by atoms with Crippen LogP contribution in [-0.4, -0.2) is 90.7 Å². The number of carboxylic acids is 1. The zero-order chi connectivity index (χ0) is 32.6. The zero-order valence-corrected chi connectivity index (χ0v) is 26.6. The minimum atomic E-state index is -1.39. The number of aromatic nitrogens is 4. The topological polar surface area (TPSA) is 224 Å². The number of imidazole rings is 1. The number of likely N-dealkylation sites (N-methyl/N-ethyl adjacent to an activating group) is 1. The van der Waals surface area contributed by atoms with Crippen LogP contribution in [0.15, 0.2) is 34.8 Å². The summed E-state index contributed by atoms with van der Waals surface area (Å²) in [6, 6.07) is 2.92. The van der Waals surface area contributed by atoms with Crippen molar-refractivity contribution >= 4 is 86.7 Å². The van der Waals surface area contributed by atoms with Crippen LogP contribution in [0.25, 0.3) is 11.2 Å². The molecule has 45 heavy (non-hydrogen) atoms. The van der Waals surface area contributed by atoms with Crippen molar-refractivity contribution in [2.75, 3.05) is 24.3 Å². The van der Waals surface area contributed by atoms with Crippen LogP contribution in [0.5, 0.6) is 0 Å². The first-order chi connectivity index (χ1) is 21.4. The first kappa shape index (κ1) is 32.1. The lowest BCUT2D eigenvalue weighted by Crippen LogP contribution is -2.70. The molecular formula is C26H30ClN10O6S2+. The summed E-state index contributed by atoms with van der Waals surface area (Å²) in [6.07, 6.45) is 1.08. The highest BCUT2D eigenvalue weighted by atomic mass is 35.5. The first-order valence-electron chi connectivity index (χ1n) is 13.6. The number of allylic oxidation sites excluding steroid dienone is 1. The Kier molecular flexibility index (Phi) is 9.28. The summed E-state index contributed by atoms with van der Waals surface area (Å²) >= 11 is 8.43. The molecule has 19 heteroatoms. The number of carbonyl (C=O) groups is 4. The number of hydrogen-bond donors (Lipinski definition) is 5. The number of carbonyl (C=O) groups excluding carboxylic acids is 3. The number of nitrogens with two attached hydrogens (primary N) is 2. The smallest absolute Gasteiger partial charge is 0.351 e. The van der Waals surface area contributed by atoms with Gasteiger partial charge in [0.15, 0.2) is 17.1 Å². The van der Waals surface area contributed by atoms with Gasteiger partial charge in [0, 0.05) is 23.9 Å². The molecule has 7 N–H and O–H groups in total. The van der Waals surface area contributed by atoms with Gasteiger partial charge in [-0.25, -0.2) is 14.3 Å². The summed E-state index contributed by atoms with van der Waals surface area (Å²) < 4.78 is 3.81. The number of nitrogens with one attached hydrogen (secondary N) is 2. The number of amides is 2. The molecule has 16 nitrogen and oxygen atoms in total. The minimum absolute atomic E-state index is 0.0213. The Bertz CT molecular complexity index is 1760. The summed E-state index contributed by atoms with van der Waals surface area (Å²) in [4.78, 5) is 65.0. The molecule has 0 radical (unpaired) electrons. The SMILES string of the molecule is CNC(C)Cn1c(N)nc2c1ccc[n+]2CC1=C(C=O)N2C(=O)C(NC(=O)/C(=N\O[C@@H](C)C(=O)O)c3nc(N)sc3Cl)C2SC1. The van der Waals surface area contributed by atoms with Gasteiger partial charge < -0.3 is 32.0 Å². The molecule has 1 fully saturated rings. The molecule has 3 aromatic heterocycles. The van der Waals surface area contributed by atoms with Crippen LogP contribution in [0.2, 0.25) is 4.34 Å². The lowest BCUT2D eigenvalue weighted by molar-refractivity contribution is -0.664. The monoisotopic (exact) mass is 677 g/mol. The number of pyridine rings is 1. The molecule has 0 spiro atoms. The van der Waals surface area contributed by atoms with E-state index in [1.807, 2.05) is 41.4 Å². The molecule has 0 saturated carbocycles. The fourth-order valence-electron chi connectivity index (χ4n) is 4.81. The van der Waals surface area contributed by atoms with Crippen molar-refractivity contribution in [3.8, 4) is 0 Å². The fourth-order valence-corrected chi connectivity index (χ4v) is 7.09. The van der Waals surface area contributed by atoms with E-state index < -0.39 is 41.0 Å². The number of β-lactam (4-membered cyclic amide) rings is 1. The number of anilines is 2. The minimum Gasteiger partial charge on any atom is -0.478 e. The summed E-state index contributed by atoms with van der Waals surface area (Å²) in [7, 11) is 1.87. The van der Waals surface area contributed by atoms with E-state index >= 15 is 0 Å². The molecule has 5 rings (SSSR count). The molecular weight excluding hydrogens is 648 g/mol. The Morgan fingerprint density at radius 1 is 1.36 bits per heavy atom. The van der Waals surface area contributed by atoms with Gasteiger partial charge in [0.25, 0.3) is 11.8 Å². The van der Waals surface area contributed by atoms with E-state index in [4.69, 9.17) is 33.0 Å². The van der Waals surface area contributed by atoms with Crippen LogP contribution >= 0.6 is 34.7 Å². The average molecular weight is 678 g/mol. The van der Waals surface area contributed by atoms with E-state index in [0.29, 0.717) is 35.8 Å². The normalized spacial score (nSPS) is 19.6. The molecule has 2 aliphatic rings. The number of halogens is 1. The van der Waals surface area contributed by atoms with Crippen LogP contribution < -0.4 is 26.7 Å². The van der Waals surface area contributed by atoms with Crippen molar-refractivity contribution in [2.45, 2.75) is 50.5 Å². The van der Waals surface area contributed by atoms with Crippen LogP contribution in [0.1, 0.15) is 19.5 Å². The highest BCUT2D eigenvalue weighted by Gasteiger charge is 2.53. The molecule has 2 aliphatic heterocycles. The second-order valence-electron chi connectivity index (χ2n) is 10.3. The van der Waals surface area contributed by atoms with Crippen LogP contribution in [0, 0.1) is 0 Å². The van der Waals surface area contributed by atoms with E-state index in [2.05, 4.69) is 25.8 Å². The van der Waals surface area contributed by atoms with Crippen molar-refractivity contribution in [3.63, 3.8) is 0 Å². The molecule has 5 heterocycles. The number of rotatable bonds is 12. The largest absolute Gasteiger partial charge is 0.478 e. The average Bonchev–Trinajstić information content (AvgIpc) is 3.52. The first-order valence-corrected chi connectivity index (χ1v) is 15.8. The second-order valence-corrected chi connectivity index (χ2v) is 13.0. The highest BCUT2D eigenvalue weighted by molar-refractivity contribution is 8.00. The number of nitrogen functional groups attached to an aromatic ring is 2. The number of fused-ring (bicyclic) bond motifs is 2. The van der Waals surface area contributed by atoms with Gasteiger partial charge in [0.05, 0.1) is 11.9 Å². The van der Waals surface area contributed by atoms with Gasteiger partial charge in [-0.3, -0.25) is 23.9 Å². The van der Waals surface area contributed by atoms with Gasteiger partial charge >= 0.3 is 17.6 Å². The van der Waals surface area contributed by atoms with Crippen LogP contribution in [0.4, 0.5) is 11.1 Å². The third kappa shape index (κ3) is 6.18. The number of oxime groups is 1. The summed E-state index contributed by atoms with van der Waals surface area (Å²) in [5.41, 5.74) is 13.7. The number of thiazole rings is 1. The fraction of sp³-hybridized carbons (Fsp3) is 0.385. The predicted molar refractivity (Wildman–Crippen MR) is 167 cm³/mol. The number of aliphatic carboxylic acids is 1. The van der Waals surface area contributed by atoms with Gasteiger partial charge in [0.1, 0.15) is 33.5 Å². The summed E-state index contributed by atoms with van der Waals surface area (Å²) in [6.45, 7) is 4.14. The lowest BCUT2D eigenvalue weighted by atomic mass is 10.0. The van der Waals surface area contributed by atoms with Gasteiger partial charge in [-0.15, -0.1) is 11.8 Å². The highest BCUT2D eigenvalue weighted by Crippen LogP contribution is 2.40. The third-order valence-corrected chi connectivity index (χ3v) is 9.73. The van der Waals surface area contributed by atoms with Crippen LogP contribution in [0.3, 0.4) is 0 Å². The maximum Gasteiger partial charge on any atom is 0.351 e. The van der Waals surface area contributed by atoms with Gasteiger partial charge in [-0.1, -0.05) is 28.1 Å². The van der Waals surface area contributed by atoms with Gasteiger partial charge in [0.2, 0.25) is 6.10 Å². The molecule has 0 aliphatic carbocycles. The lowest BCUT2D eigenvalue weighted by Gasteiger charge is -2.49. The number of thioether (sulfide) groups is 1. The van der Waals surface area contributed by atoms with E-state index in [9.17, 15) is 19.2 Å². The Labute approximate surface area is 269 Å². The molecule has 238 valence electrons. The standard InChI is InChI=1S/C26H29ClN10O6S2/c1-11(30-3)7-36-14-5-4-6-35(20(14)33-25(36)28)8-13-10-44-23-18(22(40)37(23)15(13)9-38)31-21(39)17(34-43-12(2)24(41)42)16-19(27)45-26(29)32-16/h4-6,9,11-12,18,23,28,30H,7-8,10H2,1-3H3,(H4,29,31,32,39,41,42)/p+1/b34-17-/t11?,12-,18?,23?/m0/s1. The number of nitrogens with zero attached hydrogens (tertiary/aromatic N) is 6. The van der Waals surface area contributed by atoms with E-state index in [0.717, 1.165) is 16.9 Å². The molecule has 3 aromatic rings. The molecule has 4 atom stereocenters. The van der Waals surface area contributed by atoms with Crippen molar-refractivity contribution in [3.05, 3.63) is 39.6 Å². The summed E-state index contributed by atoms with van der Waals surface area (Å²) in [5.74, 6) is -1.97.